The Hall–Kier alpha value is -0.760. The van der Waals surface area contributed by atoms with Gasteiger partial charge in [0.15, 0.2) is 5.75 Å². The second kappa shape index (κ2) is 5.05. The molecular formula is C9H13N3O2S2. The van der Waals surface area contributed by atoms with Crippen LogP contribution in [0.1, 0.15) is 12.8 Å². The first-order valence-corrected chi connectivity index (χ1v) is 7.64. The van der Waals surface area contributed by atoms with E-state index in [4.69, 9.17) is 10.5 Å². The van der Waals surface area contributed by atoms with Gasteiger partial charge in [-0.1, -0.05) is 0 Å². The Morgan fingerprint density at radius 2 is 1.94 bits per heavy atom. The summed E-state index contributed by atoms with van der Waals surface area (Å²) in [4.78, 5) is 0. The molecule has 1 saturated heterocycles. The maximum Gasteiger partial charge on any atom is 0.227 e. The van der Waals surface area contributed by atoms with Gasteiger partial charge in [0.05, 0.1) is 12.1 Å². The zero-order valence-electron chi connectivity index (χ0n) is 9.01. The SMILES string of the molecule is CSC1(C#N)CCN(S(=O)(=O)CC#N)CC1. The van der Waals surface area contributed by atoms with Crippen molar-refractivity contribution in [2.45, 2.75) is 17.6 Å². The molecule has 0 N–H and O–H groups in total. The van der Waals surface area contributed by atoms with E-state index in [0.29, 0.717) is 25.9 Å². The molecule has 0 atom stereocenters. The highest BCUT2D eigenvalue weighted by Crippen LogP contribution is 2.34. The molecule has 0 bridgehead atoms. The summed E-state index contributed by atoms with van der Waals surface area (Å²) in [5, 5.41) is 17.5. The summed E-state index contributed by atoms with van der Waals surface area (Å²) in [6, 6.07) is 3.90. The number of thioether (sulfide) groups is 1. The minimum absolute atomic E-state index is 0.332. The topological polar surface area (TPSA) is 85.0 Å². The Balaban J connectivity index is 2.70. The highest BCUT2D eigenvalue weighted by molar-refractivity contribution is 8.00. The summed E-state index contributed by atoms with van der Waals surface area (Å²) in [6.45, 7) is 0.664. The van der Waals surface area contributed by atoms with Crippen LogP contribution >= 0.6 is 11.8 Å². The van der Waals surface area contributed by atoms with Crippen LogP contribution < -0.4 is 0 Å². The van der Waals surface area contributed by atoms with Crippen LogP contribution in [0.2, 0.25) is 0 Å². The maximum atomic E-state index is 11.6. The predicted molar refractivity (Wildman–Crippen MR) is 62.1 cm³/mol. The van der Waals surface area contributed by atoms with Crippen molar-refractivity contribution in [2.75, 3.05) is 25.1 Å². The summed E-state index contributed by atoms with van der Waals surface area (Å²) in [5.74, 6) is -0.480. The number of sulfonamides is 1. The fourth-order valence-corrected chi connectivity index (χ4v) is 3.43. The summed E-state index contributed by atoms with van der Waals surface area (Å²) in [7, 11) is -3.45. The van der Waals surface area contributed by atoms with Crippen molar-refractivity contribution in [1.29, 1.82) is 10.5 Å². The quantitative estimate of drug-likeness (QED) is 0.739. The van der Waals surface area contributed by atoms with Gasteiger partial charge in [-0.3, -0.25) is 0 Å². The van der Waals surface area contributed by atoms with Gasteiger partial charge in [-0.25, -0.2) is 12.7 Å². The van der Waals surface area contributed by atoms with Crippen molar-refractivity contribution in [2.24, 2.45) is 0 Å². The summed E-state index contributed by atoms with van der Waals surface area (Å²) in [5.41, 5.74) is 0. The minimum Gasteiger partial charge on any atom is -0.211 e. The van der Waals surface area contributed by atoms with Crippen LogP contribution in [0.3, 0.4) is 0 Å². The molecule has 7 heteroatoms. The Labute approximate surface area is 100 Å². The van der Waals surface area contributed by atoms with E-state index in [9.17, 15) is 8.42 Å². The number of piperidine rings is 1. The Morgan fingerprint density at radius 3 is 2.31 bits per heavy atom. The van der Waals surface area contributed by atoms with Crippen molar-refractivity contribution < 1.29 is 8.42 Å². The van der Waals surface area contributed by atoms with Crippen molar-refractivity contribution in [3.63, 3.8) is 0 Å². The van der Waals surface area contributed by atoms with Crippen LogP contribution in [-0.4, -0.2) is 42.6 Å². The zero-order valence-corrected chi connectivity index (χ0v) is 10.6. The van der Waals surface area contributed by atoms with E-state index in [1.54, 1.807) is 6.07 Å². The predicted octanol–water partition coefficient (Wildman–Crippen LogP) is 0.561. The van der Waals surface area contributed by atoms with Crippen LogP contribution in [0.25, 0.3) is 0 Å². The Bertz CT molecular complexity index is 425. The molecule has 0 radical (unpaired) electrons. The van der Waals surface area contributed by atoms with Gasteiger partial charge in [0.1, 0.15) is 4.75 Å². The minimum atomic E-state index is -3.45. The molecule has 1 aliphatic heterocycles. The average Bonchev–Trinajstić information content (AvgIpc) is 2.29. The van der Waals surface area contributed by atoms with E-state index in [1.165, 1.54) is 16.1 Å². The molecule has 0 saturated carbocycles. The molecular weight excluding hydrogens is 246 g/mol. The normalized spacial score (nSPS) is 20.9. The van der Waals surface area contributed by atoms with Gasteiger partial charge < -0.3 is 0 Å². The van der Waals surface area contributed by atoms with E-state index >= 15 is 0 Å². The first-order chi connectivity index (χ1) is 7.49. The second-order valence-electron chi connectivity index (χ2n) is 3.62. The largest absolute Gasteiger partial charge is 0.227 e. The molecule has 0 amide bonds. The van der Waals surface area contributed by atoms with Crippen LogP contribution in [-0.2, 0) is 10.0 Å². The molecule has 0 aromatic heterocycles. The molecule has 1 heterocycles. The molecule has 1 fully saturated rings. The van der Waals surface area contributed by atoms with E-state index in [1.807, 2.05) is 6.26 Å². The molecule has 1 rings (SSSR count). The zero-order chi connectivity index (χ0) is 12.2. The third-order valence-electron chi connectivity index (χ3n) is 2.76. The van der Waals surface area contributed by atoms with Crippen LogP contribution in [0.5, 0.6) is 0 Å². The van der Waals surface area contributed by atoms with Crippen molar-refractivity contribution in [3.8, 4) is 12.1 Å². The lowest BCUT2D eigenvalue weighted by molar-refractivity contribution is 0.328. The van der Waals surface area contributed by atoms with Gasteiger partial charge in [0.2, 0.25) is 10.0 Å². The molecule has 1 aliphatic rings. The lowest BCUT2D eigenvalue weighted by Gasteiger charge is -2.34. The number of hydrogen-bond acceptors (Lipinski definition) is 5. The lowest BCUT2D eigenvalue weighted by atomic mass is 9.99. The first kappa shape index (κ1) is 13.3. The monoisotopic (exact) mass is 259 g/mol. The fourth-order valence-electron chi connectivity index (χ4n) is 1.66. The number of hydrogen-bond donors (Lipinski definition) is 0. The third kappa shape index (κ3) is 2.67. The first-order valence-electron chi connectivity index (χ1n) is 4.81. The van der Waals surface area contributed by atoms with Gasteiger partial charge in [0, 0.05) is 13.1 Å². The number of rotatable bonds is 3. The fraction of sp³-hybridized carbons (Fsp3) is 0.778. The highest BCUT2D eigenvalue weighted by Gasteiger charge is 2.37. The molecule has 0 aromatic carbocycles. The van der Waals surface area contributed by atoms with E-state index in [0.717, 1.165) is 0 Å². The van der Waals surface area contributed by atoms with Gasteiger partial charge in [-0.05, 0) is 19.1 Å². The molecule has 0 aliphatic carbocycles. The second-order valence-corrected chi connectivity index (χ2v) is 6.78. The summed E-state index contributed by atoms with van der Waals surface area (Å²) >= 11 is 1.47. The summed E-state index contributed by atoms with van der Waals surface area (Å²) < 4.78 is 24.0. The summed E-state index contributed by atoms with van der Waals surface area (Å²) in [6.07, 6.45) is 2.91. The third-order valence-corrected chi connectivity index (χ3v) is 5.69. The van der Waals surface area contributed by atoms with Crippen LogP contribution in [0, 0.1) is 22.7 Å². The number of nitrogens with zero attached hydrogens (tertiary/aromatic N) is 3. The highest BCUT2D eigenvalue weighted by atomic mass is 32.2. The Morgan fingerprint density at radius 1 is 1.38 bits per heavy atom. The van der Waals surface area contributed by atoms with Crippen molar-refractivity contribution in [3.05, 3.63) is 0 Å². The van der Waals surface area contributed by atoms with Crippen LogP contribution in [0.4, 0.5) is 0 Å². The molecule has 0 aromatic rings. The van der Waals surface area contributed by atoms with Crippen LogP contribution in [0.15, 0.2) is 0 Å². The average molecular weight is 259 g/mol. The van der Waals surface area contributed by atoms with Gasteiger partial charge in [-0.15, -0.1) is 11.8 Å². The molecule has 88 valence electrons. The lowest BCUT2D eigenvalue weighted by Crippen LogP contribution is -2.45. The smallest absolute Gasteiger partial charge is 0.211 e. The van der Waals surface area contributed by atoms with Crippen molar-refractivity contribution in [1.82, 2.24) is 4.31 Å². The number of nitriles is 2. The Kier molecular flexibility index (Phi) is 4.20. The standard InChI is InChI=1S/C9H13N3O2S2/c1-15-9(8-11)2-5-12(6-3-9)16(13,14)7-4-10/h2-3,5-7H2,1H3. The van der Waals surface area contributed by atoms with Gasteiger partial charge in [-0.2, -0.15) is 10.5 Å². The van der Waals surface area contributed by atoms with Gasteiger partial charge >= 0.3 is 0 Å². The van der Waals surface area contributed by atoms with Gasteiger partial charge in [0.25, 0.3) is 0 Å². The van der Waals surface area contributed by atoms with E-state index < -0.39 is 20.5 Å². The van der Waals surface area contributed by atoms with E-state index in [-0.39, 0.29) is 0 Å². The molecule has 5 nitrogen and oxygen atoms in total. The van der Waals surface area contributed by atoms with E-state index in [2.05, 4.69) is 6.07 Å². The maximum absolute atomic E-state index is 11.6. The van der Waals surface area contributed by atoms with Crippen molar-refractivity contribution >= 4 is 21.8 Å². The molecule has 0 spiro atoms. The molecule has 16 heavy (non-hydrogen) atoms. The molecule has 0 unspecified atom stereocenters.